The van der Waals surface area contributed by atoms with Crippen LogP contribution < -0.4 is 5.32 Å². The van der Waals surface area contributed by atoms with Gasteiger partial charge in [0.25, 0.3) is 0 Å². The number of halogens is 3. The van der Waals surface area contributed by atoms with Crippen LogP contribution in [0.2, 0.25) is 0 Å². The smallest absolute Gasteiger partial charge is 0.228 e. The Balaban J connectivity index is 2.02. The molecule has 0 fully saturated rings. The van der Waals surface area contributed by atoms with Gasteiger partial charge in [0.15, 0.2) is 23.2 Å². The first-order valence-electron chi connectivity index (χ1n) is 6.08. The number of amides is 1. The summed E-state index contributed by atoms with van der Waals surface area (Å²) in [6.07, 6.45) is 0.122. The number of anilines is 1. The highest BCUT2D eigenvalue weighted by molar-refractivity contribution is 6.10. The van der Waals surface area contributed by atoms with Crippen molar-refractivity contribution >= 4 is 17.4 Å². The highest BCUT2D eigenvalue weighted by Crippen LogP contribution is 2.26. The third kappa shape index (κ3) is 2.18. The fraction of sp³-hybridized carbons (Fsp3) is 0.0667. The van der Waals surface area contributed by atoms with Crippen LogP contribution in [0.3, 0.4) is 0 Å². The van der Waals surface area contributed by atoms with Gasteiger partial charge in [0.05, 0.1) is 12.0 Å². The number of fused-ring (bicyclic) bond motifs is 1. The fourth-order valence-electron chi connectivity index (χ4n) is 2.23. The largest absolute Gasteiger partial charge is 0.326 e. The van der Waals surface area contributed by atoms with Crippen LogP contribution >= 0.6 is 0 Å². The molecule has 3 rings (SSSR count). The van der Waals surface area contributed by atoms with Crippen LogP contribution in [0.5, 0.6) is 0 Å². The van der Waals surface area contributed by atoms with E-state index in [2.05, 4.69) is 5.32 Å². The minimum atomic E-state index is -1.68. The second-order valence-corrected chi connectivity index (χ2v) is 4.65. The van der Waals surface area contributed by atoms with Crippen LogP contribution in [0.1, 0.15) is 21.5 Å². The number of hydrogen-bond acceptors (Lipinski definition) is 2. The Bertz CT molecular complexity index is 787. The molecule has 1 heterocycles. The molecule has 0 spiro atoms. The van der Waals surface area contributed by atoms with E-state index in [-0.39, 0.29) is 17.9 Å². The van der Waals surface area contributed by atoms with E-state index in [1.165, 1.54) is 18.2 Å². The predicted octanol–water partition coefficient (Wildman–Crippen LogP) is 2.83. The minimum Gasteiger partial charge on any atom is -0.326 e. The Morgan fingerprint density at radius 1 is 1.05 bits per heavy atom. The van der Waals surface area contributed by atoms with Gasteiger partial charge in [-0.3, -0.25) is 9.59 Å². The zero-order valence-corrected chi connectivity index (χ0v) is 10.5. The lowest BCUT2D eigenvalue weighted by Crippen LogP contribution is -2.07. The highest BCUT2D eigenvalue weighted by Gasteiger charge is 2.23. The van der Waals surface area contributed by atoms with Gasteiger partial charge in [0, 0.05) is 11.3 Å². The van der Waals surface area contributed by atoms with Crippen LogP contribution in [-0.4, -0.2) is 11.7 Å². The van der Waals surface area contributed by atoms with Gasteiger partial charge in [0.2, 0.25) is 5.91 Å². The summed E-state index contributed by atoms with van der Waals surface area (Å²) < 4.78 is 39.7. The van der Waals surface area contributed by atoms with E-state index in [1.54, 1.807) is 0 Å². The first-order valence-corrected chi connectivity index (χ1v) is 6.08. The molecule has 0 bridgehead atoms. The topological polar surface area (TPSA) is 46.2 Å². The van der Waals surface area contributed by atoms with Crippen molar-refractivity contribution in [2.75, 3.05) is 5.32 Å². The number of carbonyl (C=O) groups excluding carboxylic acids is 2. The molecular formula is C15H8F3NO2. The van der Waals surface area contributed by atoms with Crippen LogP contribution in [0.4, 0.5) is 18.9 Å². The third-order valence-electron chi connectivity index (χ3n) is 3.27. The van der Waals surface area contributed by atoms with Crippen LogP contribution in [-0.2, 0) is 11.2 Å². The molecule has 3 nitrogen and oxygen atoms in total. The number of ketones is 1. The predicted molar refractivity (Wildman–Crippen MR) is 68.5 cm³/mol. The first-order chi connectivity index (χ1) is 9.97. The molecule has 0 aromatic heterocycles. The van der Waals surface area contributed by atoms with Crippen LogP contribution in [0, 0.1) is 17.5 Å². The monoisotopic (exact) mass is 291 g/mol. The molecule has 106 valence electrons. The molecule has 0 saturated carbocycles. The molecule has 2 aromatic carbocycles. The lowest BCUT2D eigenvalue weighted by molar-refractivity contribution is -0.115. The lowest BCUT2D eigenvalue weighted by Gasteiger charge is -2.06. The summed E-state index contributed by atoms with van der Waals surface area (Å²) in [4.78, 5) is 23.4. The molecular weight excluding hydrogens is 283 g/mol. The van der Waals surface area contributed by atoms with Gasteiger partial charge in [0.1, 0.15) is 0 Å². The summed E-state index contributed by atoms with van der Waals surface area (Å²) >= 11 is 0. The second-order valence-electron chi connectivity index (χ2n) is 4.65. The van der Waals surface area contributed by atoms with Crippen LogP contribution in [0.25, 0.3) is 0 Å². The van der Waals surface area contributed by atoms with Crippen LogP contribution in [0.15, 0.2) is 30.3 Å². The second kappa shape index (κ2) is 4.73. The number of hydrogen-bond donors (Lipinski definition) is 1. The zero-order valence-electron chi connectivity index (χ0n) is 10.5. The lowest BCUT2D eigenvalue weighted by atomic mass is 9.99. The normalized spacial score (nSPS) is 13.0. The number of benzene rings is 2. The minimum absolute atomic E-state index is 0.107. The molecule has 0 radical (unpaired) electrons. The number of carbonyl (C=O) groups is 2. The van der Waals surface area contributed by atoms with Gasteiger partial charge in [-0.15, -0.1) is 0 Å². The van der Waals surface area contributed by atoms with E-state index in [9.17, 15) is 22.8 Å². The molecule has 0 saturated heterocycles. The summed E-state index contributed by atoms with van der Waals surface area (Å²) in [5.41, 5.74) is 0.748. The quantitative estimate of drug-likeness (QED) is 0.683. The van der Waals surface area contributed by atoms with E-state index in [0.717, 1.165) is 6.07 Å². The molecule has 1 aliphatic rings. The van der Waals surface area contributed by atoms with Crippen molar-refractivity contribution in [2.24, 2.45) is 0 Å². The Morgan fingerprint density at radius 3 is 2.57 bits per heavy atom. The molecule has 1 aliphatic heterocycles. The van der Waals surface area contributed by atoms with Gasteiger partial charge in [-0.2, -0.15) is 0 Å². The zero-order chi connectivity index (χ0) is 15.1. The van der Waals surface area contributed by atoms with E-state index in [0.29, 0.717) is 17.3 Å². The molecule has 21 heavy (non-hydrogen) atoms. The maximum Gasteiger partial charge on any atom is 0.228 e. The van der Waals surface area contributed by atoms with E-state index >= 15 is 0 Å². The van der Waals surface area contributed by atoms with Gasteiger partial charge in [-0.1, -0.05) is 0 Å². The molecule has 0 aliphatic carbocycles. The molecule has 1 N–H and O–H groups in total. The third-order valence-corrected chi connectivity index (χ3v) is 3.27. The Morgan fingerprint density at radius 2 is 1.81 bits per heavy atom. The van der Waals surface area contributed by atoms with Crippen molar-refractivity contribution in [3.63, 3.8) is 0 Å². The van der Waals surface area contributed by atoms with Gasteiger partial charge >= 0.3 is 0 Å². The molecule has 1 amide bonds. The summed E-state index contributed by atoms with van der Waals surface area (Å²) in [5.74, 6) is -5.52. The fourth-order valence-corrected chi connectivity index (χ4v) is 2.23. The van der Waals surface area contributed by atoms with Crippen molar-refractivity contribution in [1.82, 2.24) is 0 Å². The Kier molecular flexibility index (Phi) is 3.01. The summed E-state index contributed by atoms with van der Waals surface area (Å²) in [7, 11) is 0. The van der Waals surface area contributed by atoms with Gasteiger partial charge in [-0.05, 0) is 35.9 Å². The maximum absolute atomic E-state index is 13.6. The van der Waals surface area contributed by atoms with Gasteiger partial charge in [-0.25, -0.2) is 13.2 Å². The molecule has 0 atom stereocenters. The van der Waals surface area contributed by atoms with Crippen molar-refractivity contribution in [3.05, 3.63) is 64.5 Å². The van der Waals surface area contributed by atoms with Crippen molar-refractivity contribution < 1.29 is 22.8 Å². The molecule has 2 aromatic rings. The van der Waals surface area contributed by atoms with E-state index in [1.807, 2.05) is 0 Å². The standard InChI is InChI=1S/C15H8F3NO2/c16-10-3-2-9(13(17)14(10)18)15(21)7-1-4-11-8(5-7)6-12(20)19-11/h1-5H,6H2,(H,19,20). The highest BCUT2D eigenvalue weighted by atomic mass is 19.2. The first kappa shape index (κ1) is 13.4. The van der Waals surface area contributed by atoms with E-state index in [4.69, 9.17) is 0 Å². The van der Waals surface area contributed by atoms with Crippen molar-refractivity contribution in [1.29, 1.82) is 0 Å². The Hall–Kier alpha value is -2.63. The average molecular weight is 291 g/mol. The molecule has 0 unspecified atom stereocenters. The van der Waals surface area contributed by atoms with Gasteiger partial charge < -0.3 is 5.32 Å². The summed E-state index contributed by atoms with van der Waals surface area (Å²) in [5, 5.41) is 2.60. The summed E-state index contributed by atoms with van der Waals surface area (Å²) in [6.45, 7) is 0. The van der Waals surface area contributed by atoms with E-state index < -0.39 is 28.8 Å². The summed E-state index contributed by atoms with van der Waals surface area (Å²) in [6, 6.07) is 5.95. The maximum atomic E-state index is 13.6. The Labute approximate surface area is 117 Å². The number of nitrogens with one attached hydrogen (secondary N) is 1. The van der Waals surface area contributed by atoms with Crippen molar-refractivity contribution in [3.8, 4) is 0 Å². The van der Waals surface area contributed by atoms with Crippen molar-refractivity contribution in [2.45, 2.75) is 6.42 Å². The molecule has 6 heteroatoms. The SMILES string of the molecule is O=C1Cc2cc(C(=O)c3ccc(F)c(F)c3F)ccc2N1. The number of rotatable bonds is 2. The average Bonchev–Trinajstić information content (AvgIpc) is 2.83.